The van der Waals surface area contributed by atoms with Gasteiger partial charge in [0.05, 0.1) is 5.69 Å². The zero-order valence-corrected chi connectivity index (χ0v) is 21.4. The first-order valence-electron chi connectivity index (χ1n) is 14.3. The van der Waals surface area contributed by atoms with E-state index in [1.54, 1.807) is 0 Å². The molecule has 3 nitrogen and oxygen atoms in total. The molecule has 0 spiro atoms. The largest absolute Gasteiger partial charge is 0.325 e. The molecule has 1 aromatic heterocycles. The van der Waals surface area contributed by atoms with Gasteiger partial charge < -0.3 is 5.32 Å². The Morgan fingerprint density at radius 1 is 0.727 bits per heavy atom. The van der Waals surface area contributed by atoms with Gasteiger partial charge in [0, 0.05) is 17.8 Å². The lowest BCUT2D eigenvalue weighted by molar-refractivity contribution is -0.116. The van der Waals surface area contributed by atoms with Crippen molar-refractivity contribution in [3.05, 3.63) is 34.7 Å². The van der Waals surface area contributed by atoms with E-state index in [0.29, 0.717) is 6.42 Å². The summed E-state index contributed by atoms with van der Waals surface area (Å²) in [6, 6.07) is 0. The van der Waals surface area contributed by atoms with Gasteiger partial charge in [-0.15, -0.1) is 0 Å². The molecule has 1 amide bonds. The molecule has 0 radical (unpaired) electrons. The fourth-order valence-corrected chi connectivity index (χ4v) is 5.46. The lowest BCUT2D eigenvalue weighted by Crippen LogP contribution is -2.18. The van der Waals surface area contributed by atoms with Gasteiger partial charge in [0.1, 0.15) is 0 Å². The van der Waals surface area contributed by atoms with Crippen LogP contribution in [0.2, 0.25) is 0 Å². The van der Waals surface area contributed by atoms with Crippen LogP contribution in [0.3, 0.4) is 0 Å². The minimum Gasteiger partial charge on any atom is -0.325 e. The number of carbonyl (C=O) groups is 1. The molecular weight excluding hydrogens is 404 g/mol. The summed E-state index contributed by atoms with van der Waals surface area (Å²) in [6.45, 7) is 2.28. The van der Waals surface area contributed by atoms with E-state index in [1.165, 1.54) is 119 Å². The van der Waals surface area contributed by atoms with Crippen LogP contribution in [0.1, 0.15) is 139 Å². The van der Waals surface area contributed by atoms with Gasteiger partial charge in [0.2, 0.25) is 5.91 Å². The highest BCUT2D eigenvalue weighted by molar-refractivity contribution is 5.92. The van der Waals surface area contributed by atoms with Gasteiger partial charge in [-0.1, -0.05) is 70.4 Å². The summed E-state index contributed by atoms with van der Waals surface area (Å²) in [6.07, 6.45) is 30.2. The SMILES string of the molecule is CCCCCCCC/C=C\CCCCCCCC(=O)Nc1c2c(nc3c1CCC3)CCCC2. The maximum Gasteiger partial charge on any atom is 0.224 e. The molecule has 0 fully saturated rings. The van der Waals surface area contributed by atoms with Crippen LogP contribution < -0.4 is 5.32 Å². The number of anilines is 1. The molecular formula is C30H48N2O. The zero-order chi connectivity index (χ0) is 23.1. The third kappa shape index (κ3) is 8.91. The highest BCUT2D eigenvalue weighted by atomic mass is 16.1. The van der Waals surface area contributed by atoms with E-state index < -0.39 is 0 Å². The average Bonchev–Trinajstić information content (AvgIpc) is 3.30. The summed E-state index contributed by atoms with van der Waals surface area (Å²) < 4.78 is 0. The number of rotatable bonds is 16. The maximum atomic E-state index is 12.7. The van der Waals surface area contributed by atoms with Crippen molar-refractivity contribution >= 4 is 11.6 Å². The molecule has 0 aromatic carbocycles. The van der Waals surface area contributed by atoms with Crippen molar-refractivity contribution in [2.24, 2.45) is 0 Å². The number of nitrogens with one attached hydrogen (secondary N) is 1. The Morgan fingerprint density at radius 2 is 1.27 bits per heavy atom. The Bertz CT molecular complexity index is 752. The first-order valence-corrected chi connectivity index (χ1v) is 14.3. The number of nitrogens with zero attached hydrogens (tertiary/aromatic N) is 1. The van der Waals surface area contributed by atoms with Crippen LogP contribution in [-0.2, 0) is 30.5 Å². The van der Waals surface area contributed by atoms with Crippen molar-refractivity contribution in [1.29, 1.82) is 0 Å². The molecule has 0 saturated heterocycles. The summed E-state index contributed by atoms with van der Waals surface area (Å²) in [4.78, 5) is 17.6. The summed E-state index contributed by atoms with van der Waals surface area (Å²) in [5, 5.41) is 3.33. The molecule has 2 aliphatic carbocycles. The van der Waals surface area contributed by atoms with Crippen LogP contribution in [0.25, 0.3) is 0 Å². The monoisotopic (exact) mass is 452 g/mol. The molecule has 1 aromatic rings. The minimum absolute atomic E-state index is 0.209. The Balaban J connectivity index is 1.24. The molecule has 3 rings (SSSR count). The molecule has 1 heterocycles. The second-order valence-electron chi connectivity index (χ2n) is 10.3. The van der Waals surface area contributed by atoms with E-state index in [2.05, 4.69) is 24.4 Å². The molecule has 3 heteroatoms. The number of aryl methyl sites for hydroxylation is 2. The number of hydrogen-bond donors (Lipinski definition) is 1. The number of allylic oxidation sites excluding steroid dienone is 2. The first-order chi connectivity index (χ1) is 16.3. The Hall–Kier alpha value is -1.64. The minimum atomic E-state index is 0.209. The van der Waals surface area contributed by atoms with Gasteiger partial charge in [-0.05, 0) is 88.2 Å². The third-order valence-electron chi connectivity index (χ3n) is 7.43. The summed E-state index contributed by atoms with van der Waals surface area (Å²) in [5.41, 5.74) is 6.36. The normalized spacial score (nSPS) is 15.1. The van der Waals surface area contributed by atoms with Gasteiger partial charge in [0.25, 0.3) is 0 Å². The maximum absolute atomic E-state index is 12.7. The number of carbonyl (C=O) groups excluding carboxylic acids is 1. The fourth-order valence-electron chi connectivity index (χ4n) is 5.46. The smallest absolute Gasteiger partial charge is 0.224 e. The van der Waals surface area contributed by atoms with Crippen molar-refractivity contribution in [2.75, 3.05) is 5.32 Å². The van der Waals surface area contributed by atoms with Gasteiger partial charge in [-0.2, -0.15) is 0 Å². The molecule has 1 N–H and O–H groups in total. The van der Waals surface area contributed by atoms with Crippen LogP contribution in [-0.4, -0.2) is 10.9 Å². The lowest BCUT2D eigenvalue weighted by atomic mass is 9.92. The van der Waals surface area contributed by atoms with Crippen molar-refractivity contribution in [3.8, 4) is 0 Å². The van der Waals surface area contributed by atoms with Crippen LogP contribution in [0.4, 0.5) is 5.69 Å². The topological polar surface area (TPSA) is 42.0 Å². The van der Waals surface area contributed by atoms with E-state index in [9.17, 15) is 4.79 Å². The number of pyridine rings is 1. The van der Waals surface area contributed by atoms with Gasteiger partial charge in [-0.25, -0.2) is 0 Å². The average molecular weight is 453 g/mol. The predicted molar refractivity (Wildman–Crippen MR) is 141 cm³/mol. The number of unbranched alkanes of at least 4 members (excludes halogenated alkanes) is 11. The second-order valence-corrected chi connectivity index (χ2v) is 10.3. The molecule has 184 valence electrons. The van der Waals surface area contributed by atoms with Crippen LogP contribution in [0.15, 0.2) is 12.2 Å². The van der Waals surface area contributed by atoms with E-state index in [-0.39, 0.29) is 5.91 Å². The van der Waals surface area contributed by atoms with Crippen molar-refractivity contribution in [1.82, 2.24) is 4.98 Å². The Morgan fingerprint density at radius 3 is 1.97 bits per heavy atom. The van der Waals surface area contributed by atoms with E-state index >= 15 is 0 Å². The van der Waals surface area contributed by atoms with E-state index in [4.69, 9.17) is 4.98 Å². The van der Waals surface area contributed by atoms with Gasteiger partial charge in [-0.3, -0.25) is 9.78 Å². The van der Waals surface area contributed by atoms with Crippen molar-refractivity contribution < 1.29 is 4.79 Å². The van der Waals surface area contributed by atoms with Gasteiger partial charge in [0.15, 0.2) is 0 Å². The number of hydrogen-bond acceptors (Lipinski definition) is 2. The molecule has 0 saturated carbocycles. The van der Waals surface area contributed by atoms with Crippen molar-refractivity contribution in [2.45, 2.75) is 142 Å². The number of fused-ring (bicyclic) bond motifs is 2. The fraction of sp³-hybridized carbons (Fsp3) is 0.733. The highest BCUT2D eigenvalue weighted by Crippen LogP contribution is 2.36. The number of amides is 1. The highest BCUT2D eigenvalue weighted by Gasteiger charge is 2.25. The van der Waals surface area contributed by atoms with Crippen LogP contribution in [0, 0.1) is 0 Å². The predicted octanol–water partition coefficient (Wildman–Crippen LogP) is 8.43. The molecule has 0 atom stereocenters. The summed E-state index contributed by atoms with van der Waals surface area (Å²) >= 11 is 0. The molecule has 0 unspecified atom stereocenters. The standard InChI is InChI=1S/C30H48N2O/c1-2-3-4-5-6-7-8-9-10-11-12-13-14-15-16-24-29(33)32-30-25-20-17-18-22-27(25)31-28-23-19-21-26(28)30/h9-10H,2-8,11-24H2,1H3,(H,31,32,33)/b10-9-. The summed E-state index contributed by atoms with van der Waals surface area (Å²) in [7, 11) is 0. The van der Waals surface area contributed by atoms with Crippen LogP contribution in [0.5, 0.6) is 0 Å². The Labute approximate surface area is 203 Å². The van der Waals surface area contributed by atoms with Crippen molar-refractivity contribution in [3.63, 3.8) is 0 Å². The number of aromatic nitrogens is 1. The molecule has 0 aliphatic heterocycles. The van der Waals surface area contributed by atoms with Crippen LogP contribution >= 0.6 is 0 Å². The molecule has 0 bridgehead atoms. The molecule has 2 aliphatic rings. The quantitative estimate of drug-likeness (QED) is 0.202. The van der Waals surface area contributed by atoms with Gasteiger partial charge >= 0.3 is 0 Å². The Kier molecular flexibility index (Phi) is 12.0. The molecule has 33 heavy (non-hydrogen) atoms. The lowest BCUT2D eigenvalue weighted by Gasteiger charge is -2.22. The second kappa shape index (κ2) is 15.3. The summed E-state index contributed by atoms with van der Waals surface area (Å²) in [5.74, 6) is 0.209. The van der Waals surface area contributed by atoms with E-state index in [1.807, 2.05) is 0 Å². The first kappa shape index (κ1) is 26.0. The third-order valence-corrected chi connectivity index (χ3v) is 7.43. The zero-order valence-electron chi connectivity index (χ0n) is 21.4. The van der Waals surface area contributed by atoms with E-state index in [0.717, 1.165) is 37.8 Å².